The van der Waals surface area contributed by atoms with Crippen molar-refractivity contribution in [3.8, 4) is 0 Å². The minimum Gasteiger partial charge on any atom is -0.466 e. The van der Waals surface area contributed by atoms with Crippen molar-refractivity contribution in [1.29, 1.82) is 0 Å². The van der Waals surface area contributed by atoms with Gasteiger partial charge in [0, 0.05) is 12.3 Å². The molecule has 0 aromatic carbocycles. The number of unbranched alkanes of at least 4 members (excludes halogenated alkanes) is 3. The van der Waals surface area contributed by atoms with Crippen LogP contribution >= 0.6 is 0 Å². The lowest BCUT2D eigenvalue weighted by Crippen LogP contribution is -2.17. The van der Waals surface area contributed by atoms with Crippen molar-refractivity contribution < 1.29 is 19.4 Å². The number of aliphatic hydroxyl groups is 1. The SMILES string of the molecule is CCOC(=O)CCCCCC[C@@H]1C(=O)C=C[C@@H]1CCC(C)O. The number of carbonyl (C=O) groups excluding carboxylic acids is 2. The zero-order valence-electron chi connectivity index (χ0n) is 13.9. The van der Waals surface area contributed by atoms with Gasteiger partial charge in [-0.3, -0.25) is 9.59 Å². The van der Waals surface area contributed by atoms with E-state index in [1.54, 1.807) is 13.0 Å². The summed E-state index contributed by atoms with van der Waals surface area (Å²) in [6.07, 6.45) is 10.4. The van der Waals surface area contributed by atoms with Crippen LogP contribution in [0.1, 0.15) is 65.2 Å². The first-order valence-electron chi connectivity index (χ1n) is 8.60. The van der Waals surface area contributed by atoms with Gasteiger partial charge in [-0.05, 0) is 51.5 Å². The van der Waals surface area contributed by atoms with Crippen LogP contribution in [-0.4, -0.2) is 29.6 Å². The number of hydrogen-bond donors (Lipinski definition) is 1. The van der Waals surface area contributed by atoms with Crippen molar-refractivity contribution in [2.24, 2.45) is 11.8 Å². The summed E-state index contributed by atoms with van der Waals surface area (Å²) in [6, 6.07) is 0. The molecule has 0 fully saturated rings. The van der Waals surface area contributed by atoms with Gasteiger partial charge in [0.05, 0.1) is 12.7 Å². The molecule has 0 aromatic rings. The summed E-state index contributed by atoms with van der Waals surface area (Å²) in [5.74, 6) is 0.517. The van der Waals surface area contributed by atoms with Gasteiger partial charge in [-0.15, -0.1) is 0 Å². The number of rotatable bonds is 11. The number of ether oxygens (including phenoxy) is 1. The average Bonchev–Trinajstić information content (AvgIpc) is 2.81. The van der Waals surface area contributed by atoms with Crippen LogP contribution in [0.3, 0.4) is 0 Å². The molecule has 1 aliphatic rings. The molecule has 4 heteroatoms. The van der Waals surface area contributed by atoms with E-state index in [-0.39, 0.29) is 23.8 Å². The summed E-state index contributed by atoms with van der Waals surface area (Å²) in [4.78, 5) is 23.1. The van der Waals surface area contributed by atoms with Crippen molar-refractivity contribution >= 4 is 11.8 Å². The Morgan fingerprint density at radius 1 is 1.27 bits per heavy atom. The summed E-state index contributed by atoms with van der Waals surface area (Å²) < 4.78 is 4.89. The molecule has 0 aromatic heterocycles. The summed E-state index contributed by atoms with van der Waals surface area (Å²) in [5.41, 5.74) is 0. The molecule has 1 N–H and O–H groups in total. The van der Waals surface area contributed by atoms with Gasteiger partial charge in [0.2, 0.25) is 0 Å². The van der Waals surface area contributed by atoms with E-state index in [1.165, 1.54) is 0 Å². The quantitative estimate of drug-likeness (QED) is 0.469. The van der Waals surface area contributed by atoms with E-state index in [9.17, 15) is 14.7 Å². The molecule has 0 saturated carbocycles. The number of hydrogen-bond acceptors (Lipinski definition) is 4. The Kier molecular flexibility index (Phi) is 9.05. The third-order valence-corrected chi connectivity index (χ3v) is 4.26. The largest absolute Gasteiger partial charge is 0.466 e. The molecule has 1 aliphatic carbocycles. The van der Waals surface area contributed by atoms with Gasteiger partial charge in [0.15, 0.2) is 5.78 Å². The molecule has 0 aliphatic heterocycles. The fraction of sp³-hybridized carbons (Fsp3) is 0.778. The molecular formula is C18H30O4. The average molecular weight is 310 g/mol. The zero-order chi connectivity index (χ0) is 16.4. The molecule has 126 valence electrons. The Morgan fingerprint density at radius 2 is 2.00 bits per heavy atom. The predicted molar refractivity (Wildman–Crippen MR) is 86.4 cm³/mol. The first-order chi connectivity index (χ1) is 10.5. The molecule has 0 heterocycles. The number of ketones is 1. The first kappa shape index (κ1) is 18.9. The van der Waals surface area contributed by atoms with Gasteiger partial charge in [0.1, 0.15) is 0 Å². The van der Waals surface area contributed by atoms with Gasteiger partial charge < -0.3 is 9.84 Å². The van der Waals surface area contributed by atoms with E-state index < -0.39 is 0 Å². The smallest absolute Gasteiger partial charge is 0.305 e. The second-order valence-electron chi connectivity index (χ2n) is 6.22. The Morgan fingerprint density at radius 3 is 2.68 bits per heavy atom. The molecule has 0 amide bonds. The third-order valence-electron chi connectivity index (χ3n) is 4.26. The molecule has 0 spiro atoms. The molecule has 0 radical (unpaired) electrons. The summed E-state index contributed by atoms with van der Waals surface area (Å²) >= 11 is 0. The Labute approximate surface area is 133 Å². The fourth-order valence-electron chi connectivity index (χ4n) is 2.99. The minimum atomic E-state index is -0.298. The normalized spacial score (nSPS) is 22.0. The lowest BCUT2D eigenvalue weighted by molar-refractivity contribution is -0.143. The van der Waals surface area contributed by atoms with Gasteiger partial charge in [-0.25, -0.2) is 0 Å². The molecule has 1 unspecified atom stereocenters. The van der Waals surface area contributed by atoms with Crippen LogP contribution < -0.4 is 0 Å². The number of esters is 1. The maximum atomic E-state index is 11.9. The lowest BCUT2D eigenvalue weighted by Gasteiger charge is -2.18. The van der Waals surface area contributed by atoms with E-state index in [4.69, 9.17) is 4.74 Å². The predicted octanol–water partition coefficient (Wildman–Crippen LogP) is 3.42. The summed E-state index contributed by atoms with van der Waals surface area (Å²) in [7, 11) is 0. The van der Waals surface area contributed by atoms with Crippen molar-refractivity contribution in [1.82, 2.24) is 0 Å². The van der Waals surface area contributed by atoms with E-state index in [0.717, 1.165) is 44.9 Å². The Bertz CT molecular complexity index is 373. The molecular weight excluding hydrogens is 280 g/mol. The molecule has 22 heavy (non-hydrogen) atoms. The number of carbonyl (C=O) groups is 2. The third kappa shape index (κ3) is 7.21. The maximum Gasteiger partial charge on any atom is 0.305 e. The van der Waals surface area contributed by atoms with Crippen LogP contribution in [0.4, 0.5) is 0 Å². The van der Waals surface area contributed by atoms with E-state index in [1.807, 2.05) is 13.0 Å². The highest BCUT2D eigenvalue weighted by Gasteiger charge is 2.29. The van der Waals surface area contributed by atoms with Crippen LogP contribution in [0.15, 0.2) is 12.2 Å². The highest BCUT2D eigenvalue weighted by Crippen LogP contribution is 2.31. The molecule has 1 rings (SSSR count). The van der Waals surface area contributed by atoms with Crippen molar-refractivity contribution in [2.45, 2.75) is 71.3 Å². The van der Waals surface area contributed by atoms with Crippen LogP contribution in [0.2, 0.25) is 0 Å². The second kappa shape index (κ2) is 10.5. The van der Waals surface area contributed by atoms with Crippen molar-refractivity contribution in [2.75, 3.05) is 6.61 Å². The molecule has 3 atom stereocenters. The Balaban J connectivity index is 2.14. The first-order valence-corrected chi connectivity index (χ1v) is 8.60. The zero-order valence-corrected chi connectivity index (χ0v) is 13.9. The molecule has 4 nitrogen and oxygen atoms in total. The topological polar surface area (TPSA) is 63.6 Å². The highest BCUT2D eigenvalue weighted by atomic mass is 16.5. The summed E-state index contributed by atoms with van der Waals surface area (Å²) in [6.45, 7) is 4.06. The van der Waals surface area contributed by atoms with Gasteiger partial charge in [-0.2, -0.15) is 0 Å². The monoisotopic (exact) mass is 310 g/mol. The van der Waals surface area contributed by atoms with Crippen molar-refractivity contribution in [3.05, 3.63) is 12.2 Å². The Hall–Kier alpha value is -1.16. The summed E-state index contributed by atoms with van der Waals surface area (Å²) in [5, 5.41) is 9.37. The highest BCUT2D eigenvalue weighted by molar-refractivity contribution is 5.94. The van der Waals surface area contributed by atoms with Crippen LogP contribution in [0.5, 0.6) is 0 Å². The second-order valence-corrected chi connectivity index (χ2v) is 6.22. The van der Waals surface area contributed by atoms with E-state index in [2.05, 4.69) is 0 Å². The van der Waals surface area contributed by atoms with Crippen LogP contribution in [0.25, 0.3) is 0 Å². The van der Waals surface area contributed by atoms with Gasteiger partial charge in [0.25, 0.3) is 0 Å². The lowest BCUT2D eigenvalue weighted by atomic mass is 9.86. The minimum absolute atomic E-state index is 0.101. The van der Waals surface area contributed by atoms with E-state index >= 15 is 0 Å². The standard InChI is InChI=1S/C18H30O4/c1-3-22-18(21)9-7-5-4-6-8-16-15(11-10-14(2)19)12-13-17(16)20/h12-16,19H,3-11H2,1-2H3/t14?,15-,16-/m0/s1. The van der Waals surface area contributed by atoms with Crippen LogP contribution in [-0.2, 0) is 14.3 Å². The van der Waals surface area contributed by atoms with Crippen LogP contribution in [0, 0.1) is 11.8 Å². The van der Waals surface area contributed by atoms with Crippen molar-refractivity contribution in [3.63, 3.8) is 0 Å². The molecule has 0 saturated heterocycles. The maximum absolute atomic E-state index is 11.9. The van der Waals surface area contributed by atoms with Gasteiger partial charge >= 0.3 is 5.97 Å². The van der Waals surface area contributed by atoms with E-state index in [0.29, 0.717) is 18.9 Å². The number of aliphatic hydroxyl groups excluding tert-OH is 1. The van der Waals surface area contributed by atoms with Gasteiger partial charge in [-0.1, -0.05) is 25.3 Å². The fourth-order valence-corrected chi connectivity index (χ4v) is 2.99. The number of allylic oxidation sites excluding steroid dienone is 2. The molecule has 0 bridgehead atoms.